The number of rotatable bonds is 10. The van der Waals surface area contributed by atoms with Crippen LogP contribution in [0.1, 0.15) is 66.0 Å². The number of hydrogen-bond donors (Lipinski definition) is 0. The fourth-order valence-corrected chi connectivity index (χ4v) is 6.15. The predicted octanol–water partition coefficient (Wildman–Crippen LogP) is 5.47. The fraction of sp³-hybridized carbons (Fsp3) is 0.406. The number of carbonyl (C=O) groups is 1. The molecule has 0 N–H and O–H groups in total. The summed E-state index contributed by atoms with van der Waals surface area (Å²) in [4.78, 5) is 16.5. The Morgan fingerprint density at radius 1 is 1.12 bits per heavy atom. The second kappa shape index (κ2) is 12.1. The van der Waals surface area contributed by atoms with Gasteiger partial charge in [-0.25, -0.2) is 4.98 Å². The highest BCUT2D eigenvalue weighted by atomic mass is 32.2. The number of ether oxygens (including phenoxy) is 3. The first-order chi connectivity index (χ1) is 20.1. The summed E-state index contributed by atoms with van der Waals surface area (Å²) in [6, 6.07) is 15.7. The first kappa shape index (κ1) is 29.5. The maximum atomic E-state index is 12.4. The van der Waals surface area contributed by atoms with Gasteiger partial charge in [0.1, 0.15) is 17.9 Å². The molecule has 1 aliphatic carbocycles. The van der Waals surface area contributed by atoms with E-state index < -0.39 is 10.1 Å². The molecule has 2 aliphatic rings. The van der Waals surface area contributed by atoms with E-state index in [1.165, 1.54) is 20.4 Å². The van der Waals surface area contributed by atoms with Crippen molar-refractivity contribution in [3.8, 4) is 28.8 Å². The average Bonchev–Trinajstić information content (AvgIpc) is 3.83. The molecular weight excluding hydrogens is 556 g/mol. The van der Waals surface area contributed by atoms with E-state index >= 15 is 0 Å². The molecule has 1 unspecified atom stereocenters. The maximum Gasteiger partial charge on any atom is 0.309 e. The van der Waals surface area contributed by atoms with Gasteiger partial charge in [-0.2, -0.15) is 13.7 Å². The summed E-state index contributed by atoms with van der Waals surface area (Å²) in [6.07, 6.45) is 5.87. The molecule has 3 aromatic rings. The van der Waals surface area contributed by atoms with Crippen LogP contribution in [0, 0.1) is 23.2 Å². The molecule has 9 nitrogen and oxygen atoms in total. The van der Waals surface area contributed by atoms with E-state index in [2.05, 4.69) is 29.3 Å². The van der Waals surface area contributed by atoms with Crippen molar-refractivity contribution in [1.82, 2.24) is 4.98 Å². The van der Waals surface area contributed by atoms with Gasteiger partial charge in [0.2, 0.25) is 5.88 Å². The Bertz CT molecular complexity index is 1640. The number of nitriles is 1. The largest absolute Gasteiger partial charge is 0.485 e. The molecule has 0 spiro atoms. The molecule has 2 aromatic carbocycles. The van der Waals surface area contributed by atoms with Gasteiger partial charge in [-0.05, 0) is 77.5 Å². The zero-order chi connectivity index (χ0) is 30.0. The Balaban J connectivity index is 1.48. The van der Waals surface area contributed by atoms with Crippen LogP contribution in [0.15, 0.2) is 48.7 Å². The van der Waals surface area contributed by atoms with Crippen molar-refractivity contribution in [3.05, 3.63) is 76.5 Å². The van der Waals surface area contributed by atoms with Crippen LogP contribution >= 0.6 is 0 Å². The first-order valence-corrected chi connectivity index (χ1v) is 15.7. The van der Waals surface area contributed by atoms with Gasteiger partial charge in [0.05, 0.1) is 38.6 Å². The molecule has 10 heteroatoms. The van der Waals surface area contributed by atoms with E-state index in [1.54, 1.807) is 6.07 Å². The number of aryl methyl sites for hydroxylation is 1. The molecule has 5 rings (SSSR count). The molecule has 1 fully saturated rings. The molecule has 2 heterocycles. The maximum absolute atomic E-state index is 12.4. The Morgan fingerprint density at radius 3 is 2.57 bits per heavy atom. The molecule has 220 valence electrons. The number of aromatic nitrogens is 1. The lowest BCUT2D eigenvalue weighted by molar-refractivity contribution is -0.145. The number of carbonyl (C=O) groups excluding carboxylic acids is 1. The van der Waals surface area contributed by atoms with Gasteiger partial charge in [0, 0.05) is 17.8 Å². The van der Waals surface area contributed by atoms with Crippen molar-refractivity contribution < 1.29 is 31.6 Å². The quantitative estimate of drug-likeness (QED) is 0.223. The van der Waals surface area contributed by atoms with Gasteiger partial charge in [-0.15, -0.1) is 0 Å². The van der Waals surface area contributed by atoms with E-state index in [0.29, 0.717) is 34.1 Å². The monoisotopic (exact) mass is 590 g/mol. The zero-order valence-corrected chi connectivity index (χ0v) is 24.9. The number of nitrogens with zero attached hydrogens (tertiary/aromatic N) is 2. The highest BCUT2D eigenvalue weighted by Gasteiger charge is 2.39. The summed E-state index contributed by atoms with van der Waals surface area (Å²) in [5, 5.41) is 9.72. The van der Waals surface area contributed by atoms with E-state index in [1.807, 2.05) is 25.1 Å². The lowest BCUT2D eigenvalue weighted by atomic mass is 9.82. The van der Waals surface area contributed by atoms with Crippen molar-refractivity contribution >= 4 is 16.1 Å². The van der Waals surface area contributed by atoms with E-state index in [9.17, 15) is 18.5 Å². The van der Waals surface area contributed by atoms with Crippen molar-refractivity contribution in [1.29, 1.82) is 5.26 Å². The first-order valence-electron chi connectivity index (χ1n) is 13.9. The van der Waals surface area contributed by atoms with Gasteiger partial charge >= 0.3 is 5.97 Å². The van der Waals surface area contributed by atoms with Gasteiger partial charge < -0.3 is 14.2 Å². The summed E-state index contributed by atoms with van der Waals surface area (Å²) in [6.45, 7) is 1.72. The minimum absolute atomic E-state index is 0.0671. The van der Waals surface area contributed by atoms with E-state index in [4.69, 9.17) is 18.4 Å². The lowest BCUT2D eigenvalue weighted by Gasteiger charge is -2.29. The SMILES string of the molecule is COC(=O)[C@@H](C)[C@H](c1ccc2c(c1)OC(c1ccc(-c3cc(OC)ncc3C#N)c(COS(C)(=O)=O)c1)CC2)C1CC1. The number of benzene rings is 2. The number of pyridine rings is 1. The molecule has 42 heavy (non-hydrogen) atoms. The lowest BCUT2D eigenvalue weighted by Crippen LogP contribution is -2.23. The number of methoxy groups -OCH3 is 2. The summed E-state index contributed by atoms with van der Waals surface area (Å²) in [5.41, 5.74) is 5.16. The number of esters is 1. The molecule has 0 radical (unpaired) electrons. The van der Waals surface area contributed by atoms with Gasteiger partial charge in [-0.3, -0.25) is 8.98 Å². The highest BCUT2D eigenvalue weighted by molar-refractivity contribution is 7.85. The predicted molar refractivity (Wildman–Crippen MR) is 155 cm³/mol. The minimum Gasteiger partial charge on any atom is -0.485 e. The van der Waals surface area contributed by atoms with Crippen LogP contribution in [0.2, 0.25) is 0 Å². The van der Waals surface area contributed by atoms with Gasteiger partial charge in [0.25, 0.3) is 10.1 Å². The van der Waals surface area contributed by atoms with Gasteiger partial charge in [-0.1, -0.05) is 31.2 Å². The van der Waals surface area contributed by atoms with Crippen molar-refractivity contribution in [3.63, 3.8) is 0 Å². The molecule has 1 aliphatic heterocycles. The standard InChI is InChI=1S/C32H34N2O7S/c1-19(32(35)39-3)31(21-6-7-21)23-8-5-20-10-12-28(41-29(20)14-23)22-9-11-26(24(13-22)18-40-42(4,36)37)27-15-30(38-2)34-17-25(27)16-33/h5,8-9,11,13-15,17,19,21,28,31H,6-7,10,12,18H2,1-4H3/t19-,28?,31-/m0/s1. The van der Waals surface area contributed by atoms with Crippen LogP contribution in [0.5, 0.6) is 11.6 Å². The Hall–Kier alpha value is -3.94. The zero-order valence-electron chi connectivity index (χ0n) is 24.1. The number of fused-ring (bicyclic) bond motifs is 1. The second-order valence-corrected chi connectivity index (χ2v) is 12.6. The normalized spacial score (nSPS) is 17.7. The smallest absolute Gasteiger partial charge is 0.309 e. The molecule has 1 saturated carbocycles. The minimum atomic E-state index is -3.72. The molecule has 3 atom stereocenters. The molecule has 0 amide bonds. The summed E-state index contributed by atoms with van der Waals surface area (Å²) < 4.78 is 45.8. The highest BCUT2D eigenvalue weighted by Crippen LogP contribution is 2.48. The summed E-state index contributed by atoms with van der Waals surface area (Å²) in [5.74, 6) is 1.17. The average molecular weight is 591 g/mol. The van der Waals surface area contributed by atoms with Crippen LogP contribution in [0.4, 0.5) is 0 Å². The third kappa shape index (κ3) is 6.42. The van der Waals surface area contributed by atoms with Crippen molar-refractivity contribution in [2.24, 2.45) is 11.8 Å². The van der Waals surface area contributed by atoms with E-state index in [0.717, 1.165) is 54.4 Å². The van der Waals surface area contributed by atoms with Crippen molar-refractivity contribution in [2.75, 3.05) is 20.5 Å². The van der Waals surface area contributed by atoms with Crippen LogP contribution < -0.4 is 9.47 Å². The Morgan fingerprint density at radius 2 is 1.90 bits per heavy atom. The third-order valence-corrected chi connectivity index (χ3v) is 8.64. The molecule has 0 saturated heterocycles. The van der Waals surface area contributed by atoms with Gasteiger partial charge in [0.15, 0.2) is 0 Å². The Kier molecular flexibility index (Phi) is 8.53. The van der Waals surface area contributed by atoms with Crippen LogP contribution in [-0.4, -0.2) is 39.8 Å². The van der Waals surface area contributed by atoms with Crippen molar-refractivity contribution in [2.45, 2.75) is 51.2 Å². The topological polar surface area (TPSA) is 125 Å². The third-order valence-electron chi connectivity index (χ3n) is 8.09. The number of hydrogen-bond acceptors (Lipinski definition) is 9. The Labute approximate surface area is 246 Å². The summed E-state index contributed by atoms with van der Waals surface area (Å²) in [7, 11) is -0.809. The summed E-state index contributed by atoms with van der Waals surface area (Å²) >= 11 is 0. The van der Waals surface area contributed by atoms with Crippen LogP contribution in [0.25, 0.3) is 11.1 Å². The molecule has 0 bridgehead atoms. The molecule has 1 aromatic heterocycles. The van der Waals surface area contributed by atoms with Crippen LogP contribution in [-0.2, 0) is 36.9 Å². The fourth-order valence-electron chi connectivity index (χ4n) is 5.81. The van der Waals surface area contributed by atoms with Crippen LogP contribution in [0.3, 0.4) is 0 Å². The molecular formula is C32H34N2O7S. The van der Waals surface area contributed by atoms with E-state index in [-0.39, 0.29) is 30.5 Å². The second-order valence-electron chi connectivity index (χ2n) is 11.0.